The molecular formula is C23H29N3O6. The zero-order valence-electron chi connectivity index (χ0n) is 17.9. The molecule has 32 heavy (non-hydrogen) atoms. The lowest BCUT2D eigenvalue weighted by atomic mass is 10.0. The minimum Gasteiger partial charge on any atom is -0.508 e. The molecule has 0 bridgehead atoms. The van der Waals surface area contributed by atoms with E-state index in [0.717, 1.165) is 32.0 Å². The lowest BCUT2D eigenvalue weighted by Crippen LogP contribution is -2.48. The van der Waals surface area contributed by atoms with Gasteiger partial charge in [0, 0.05) is 32.2 Å². The van der Waals surface area contributed by atoms with Crippen LogP contribution >= 0.6 is 0 Å². The fourth-order valence-corrected chi connectivity index (χ4v) is 3.37. The molecule has 0 unspecified atom stereocenters. The summed E-state index contributed by atoms with van der Waals surface area (Å²) in [4.78, 5) is 32.0. The molecule has 0 saturated carbocycles. The number of hydrogen-bond acceptors (Lipinski definition) is 8. The van der Waals surface area contributed by atoms with Crippen LogP contribution in [-0.2, 0) is 14.4 Å². The molecule has 3 rings (SSSR count). The molecule has 1 aromatic carbocycles. The number of piperazine rings is 1. The lowest BCUT2D eigenvalue weighted by Gasteiger charge is -2.27. The number of hydrogen-bond donors (Lipinski definition) is 4. The molecule has 9 heteroatoms. The Bertz CT molecular complexity index is 903. The number of nitrogens with one attached hydrogen (secondary N) is 2. The van der Waals surface area contributed by atoms with Crippen LogP contribution in [0.3, 0.4) is 0 Å². The molecule has 4 N–H and O–H groups in total. The Labute approximate surface area is 187 Å². The van der Waals surface area contributed by atoms with Crippen LogP contribution in [0.2, 0.25) is 0 Å². The average molecular weight is 444 g/mol. The number of benzene rings is 1. The quantitative estimate of drug-likeness (QED) is 0.316. The Kier molecular flexibility index (Phi) is 8.70. The second-order valence-corrected chi connectivity index (χ2v) is 7.43. The summed E-state index contributed by atoms with van der Waals surface area (Å²) in [5, 5.41) is 23.4. The molecule has 2 aliphatic rings. The van der Waals surface area contributed by atoms with Crippen molar-refractivity contribution in [2.45, 2.75) is 19.3 Å². The Morgan fingerprint density at radius 2 is 1.88 bits per heavy atom. The Morgan fingerprint density at radius 1 is 1.12 bits per heavy atom. The number of ether oxygens (including phenoxy) is 1. The van der Waals surface area contributed by atoms with E-state index >= 15 is 0 Å². The minimum atomic E-state index is -0.697. The molecule has 2 aliphatic heterocycles. The maximum Gasteiger partial charge on any atom is 0.342 e. The highest BCUT2D eigenvalue weighted by Crippen LogP contribution is 2.29. The summed E-state index contributed by atoms with van der Waals surface area (Å²) >= 11 is 0. The highest BCUT2D eigenvalue weighted by molar-refractivity contribution is 5.97. The van der Waals surface area contributed by atoms with Crippen LogP contribution in [0.25, 0.3) is 6.08 Å². The standard InChI is InChI=1S/C23H29N3O6/c27-19-14-17-13-18(25-32-16-21(29)26-10-8-24-9-11-26)7-5-3-1-2-4-6-12-31-23(30)22(17)20(28)15-19/h2,4-5,7,13-15,24-25,27-28H,1,3,6,8-12,16H2/b4-2?,7-5?,18-13-. The van der Waals surface area contributed by atoms with Gasteiger partial charge >= 0.3 is 5.97 Å². The topological polar surface area (TPSA) is 120 Å². The average Bonchev–Trinajstić information content (AvgIpc) is 2.77. The summed E-state index contributed by atoms with van der Waals surface area (Å²) in [5.74, 6) is -1.42. The second-order valence-electron chi connectivity index (χ2n) is 7.43. The number of rotatable bonds is 4. The largest absolute Gasteiger partial charge is 0.508 e. The number of fused-ring (bicyclic) bond motifs is 1. The predicted octanol–water partition coefficient (Wildman–Crippen LogP) is 1.84. The van der Waals surface area contributed by atoms with Gasteiger partial charge in [-0.25, -0.2) is 4.79 Å². The van der Waals surface area contributed by atoms with E-state index in [-0.39, 0.29) is 41.7 Å². The van der Waals surface area contributed by atoms with Crippen LogP contribution in [0, 0.1) is 0 Å². The van der Waals surface area contributed by atoms with Crippen molar-refractivity contribution in [1.82, 2.24) is 15.7 Å². The molecular weight excluding hydrogens is 414 g/mol. The van der Waals surface area contributed by atoms with Gasteiger partial charge < -0.3 is 25.2 Å². The predicted molar refractivity (Wildman–Crippen MR) is 119 cm³/mol. The third-order valence-electron chi connectivity index (χ3n) is 4.99. The summed E-state index contributed by atoms with van der Waals surface area (Å²) in [6.07, 6.45) is 11.3. The number of phenolic OH excluding ortho intramolecular Hbond substituents is 2. The van der Waals surface area contributed by atoms with Gasteiger partial charge in [0.2, 0.25) is 0 Å². The fourth-order valence-electron chi connectivity index (χ4n) is 3.37. The highest BCUT2D eigenvalue weighted by atomic mass is 16.6. The molecule has 1 saturated heterocycles. The molecule has 1 fully saturated rings. The van der Waals surface area contributed by atoms with Crippen molar-refractivity contribution in [3.8, 4) is 11.5 Å². The molecule has 2 heterocycles. The number of carbonyl (C=O) groups is 2. The van der Waals surface area contributed by atoms with Crippen LogP contribution in [0.15, 0.2) is 42.1 Å². The van der Waals surface area contributed by atoms with Gasteiger partial charge in [-0.1, -0.05) is 18.2 Å². The zero-order chi connectivity index (χ0) is 22.8. The highest BCUT2D eigenvalue weighted by Gasteiger charge is 2.19. The number of carbonyl (C=O) groups excluding carboxylic acids is 2. The van der Waals surface area contributed by atoms with E-state index in [1.807, 2.05) is 18.2 Å². The van der Waals surface area contributed by atoms with Crippen molar-refractivity contribution in [2.75, 3.05) is 39.4 Å². The summed E-state index contributed by atoms with van der Waals surface area (Å²) in [6, 6.07) is 2.44. The molecule has 1 aromatic rings. The number of nitrogens with zero attached hydrogens (tertiary/aromatic N) is 1. The van der Waals surface area contributed by atoms with Gasteiger partial charge in [0.25, 0.3) is 5.91 Å². The normalized spacial score (nSPS) is 19.3. The SMILES string of the molecule is O=C1OCCC=CCCC=C/C(NOCC(=O)N2CCNCC2)=C/c2cc(O)cc(O)c21. The Hall–Kier alpha value is -3.30. The number of allylic oxidation sites excluding steroid dienone is 3. The zero-order valence-corrected chi connectivity index (χ0v) is 17.9. The van der Waals surface area contributed by atoms with Crippen LogP contribution in [0.1, 0.15) is 35.2 Å². The van der Waals surface area contributed by atoms with E-state index in [0.29, 0.717) is 25.2 Å². The Balaban J connectivity index is 1.80. The molecule has 0 radical (unpaired) electrons. The first-order valence-electron chi connectivity index (χ1n) is 10.7. The third kappa shape index (κ3) is 6.86. The Morgan fingerprint density at radius 3 is 2.69 bits per heavy atom. The smallest absolute Gasteiger partial charge is 0.342 e. The van der Waals surface area contributed by atoms with E-state index in [4.69, 9.17) is 9.57 Å². The van der Waals surface area contributed by atoms with Crippen LogP contribution in [-0.4, -0.2) is 66.4 Å². The van der Waals surface area contributed by atoms with Crippen LogP contribution < -0.4 is 10.8 Å². The van der Waals surface area contributed by atoms with Gasteiger partial charge in [0.15, 0.2) is 6.61 Å². The monoisotopic (exact) mass is 443 g/mol. The molecule has 0 aliphatic carbocycles. The second kappa shape index (κ2) is 11.9. The molecule has 0 atom stereocenters. The summed E-state index contributed by atoms with van der Waals surface area (Å²) in [7, 11) is 0. The first kappa shape index (κ1) is 23.4. The van der Waals surface area contributed by atoms with Crippen molar-refractivity contribution in [3.63, 3.8) is 0 Å². The number of aromatic hydroxyl groups is 2. The summed E-state index contributed by atoms with van der Waals surface area (Å²) in [5.41, 5.74) is 3.38. The van der Waals surface area contributed by atoms with E-state index in [9.17, 15) is 19.8 Å². The van der Waals surface area contributed by atoms with E-state index in [1.54, 1.807) is 17.1 Å². The minimum absolute atomic E-state index is 0.0616. The summed E-state index contributed by atoms with van der Waals surface area (Å²) < 4.78 is 5.26. The number of phenols is 2. The first-order chi connectivity index (χ1) is 15.5. The van der Waals surface area contributed by atoms with Crippen molar-refractivity contribution in [1.29, 1.82) is 0 Å². The van der Waals surface area contributed by atoms with Crippen molar-refractivity contribution in [2.24, 2.45) is 0 Å². The van der Waals surface area contributed by atoms with Crippen molar-refractivity contribution >= 4 is 18.0 Å². The molecule has 9 nitrogen and oxygen atoms in total. The summed E-state index contributed by atoms with van der Waals surface area (Å²) in [6.45, 7) is 2.78. The number of hydroxylamine groups is 1. The van der Waals surface area contributed by atoms with Crippen molar-refractivity contribution < 1.29 is 29.4 Å². The van der Waals surface area contributed by atoms with Gasteiger partial charge in [-0.15, -0.1) is 0 Å². The number of amides is 1. The van der Waals surface area contributed by atoms with E-state index in [1.165, 1.54) is 6.07 Å². The van der Waals surface area contributed by atoms with E-state index < -0.39 is 5.97 Å². The maximum atomic E-state index is 12.6. The van der Waals surface area contributed by atoms with Crippen molar-refractivity contribution in [3.05, 3.63) is 53.3 Å². The third-order valence-corrected chi connectivity index (χ3v) is 4.99. The first-order valence-corrected chi connectivity index (χ1v) is 10.7. The lowest BCUT2D eigenvalue weighted by molar-refractivity contribution is -0.138. The molecule has 0 spiro atoms. The molecule has 172 valence electrons. The van der Waals surface area contributed by atoms with E-state index in [2.05, 4.69) is 10.8 Å². The maximum absolute atomic E-state index is 12.6. The molecule has 0 aromatic heterocycles. The van der Waals surface area contributed by atoms with Gasteiger partial charge in [-0.05, 0) is 43.0 Å². The van der Waals surface area contributed by atoms with Crippen LogP contribution in [0.5, 0.6) is 11.5 Å². The van der Waals surface area contributed by atoms with Gasteiger partial charge in [-0.2, -0.15) is 0 Å². The van der Waals surface area contributed by atoms with Gasteiger partial charge in [0.1, 0.15) is 17.1 Å². The number of cyclic esters (lactones) is 1. The fraction of sp³-hybridized carbons (Fsp3) is 0.391. The van der Waals surface area contributed by atoms with Crippen LogP contribution in [0.4, 0.5) is 0 Å². The molecule has 1 amide bonds. The number of esters is 1. The van der Waals surface area contributed by atoms with Gasteiger partial charge in [-0.3, -0.25) is 15.1 Å². The van der Waals surface area contributed by atoms with Gasteiger partial charge in [0.05, 0.1) is 12.3 Å².